The van der Waals surface area contributed by atoms with E-state index in [0.717, 1.165) is 29.4 Å². The van der Waals surface area contributed by atoms with E-state index in [1.807, 2.05) is 48.5 Å². The van der Waals surface area contributed by atoms with Crippen molar-refractivity contribution in [3.05, 3.63) is 59.7 Å². The highest BCUT2D eigenvalue weighted by Gasteiger charge is 2.48. The van der Waals surface area contributed by atoms with Crippen LogP contribution in [-0.2, 0) is 28.8 Å². The lowest BCUT2D eigenvalue weighted by Crippen LogP contribution is -2.44. The van der Waals surface area contributed by atoms with Gasteiger partial charge in [0.05, 0.1) is 7.11 Å². The minimum absolute atomic E-state index is 0.0766. The zero-order chi connectivity index (χ0) is 19.9. The van der Waals surface area contributed by atoms with Gasteiger partial charge in [0.15, 0.2) is 6.04 Å². The molecule has 1 heterocycles. The first-order chi connectivity index (χ1) is 13.4. The molecule has 1 fully saturated rings. The molecule has 2 aromatic rings. The number of benzene rings is 2. The van der Waals surface area contributed by atoms with E-state index in [0.29, 0.717) is 4.31 Å². The van der Waals surface area contributed by atoms with Crippen molar-refractivity contribution in [1.82, 2.24) is 4.31 Å². The van der Waals surface area contributed by atoms with Gasteiger partial charge in [0.25, 0.3) is 0 Å². The molecule has 0 radical (unpaired) electrons. The fraction of sp³-hybridized carbons (Fsp3) is 0.263. The fourth-order valence-electron chi connectivity index (χ4n) is 3.61. The van der Waals surface area contributed by atoms with E-state index in [1.165, 1.54) is 0 Å². The first kappa shape index (κ1) is 18.5. The van der Waals surface area contributed by atoms with Gasteiger partial charge in [-0.1, -0.05) is 48.5 Å². The molecule has 1 saturated heterocycles. The van der Waals surface area contributed by atoms with Crippen LogP contribution in [0.5, 0.6) is 0 Å². The highest BCUT2D eigenvalue weighted by Crippen LogP contribution is 2.44. The molecule has 2 aliphatic rings. The molecule has 4 rings (SSSR count). The summed E-state index contributed by atoms with van der Waals surface area (Å²) in [7, 11) is -3.30. The van der Waals surface area contributed by atoms with Gasteiger partial charge in [0.1, 0.15) is 13.2 Å². The largest absolute Gasteiger partial charge is 0.467 e. The maximum atomic E-state index is 12.5. The van der Waals surface area contributed by atoms with Crippen LogP contribution in [0.2, 0.25) is 0 Å². The van der Waals surface area contributed by atoms with Gasteiger partial charge in [0.2, 0.25) is 0 Å². The topological polar surface area (TPSA) is 99.2 Å². The molecule has 1 aliphatic carbocycles. The molecule has 1 amide bonds. The molecule has 0 bridgehead atoms. The van der Waals surface area contributed by atoms with Crippen molar-refractivity contribution in [1.29, 1.82) is 0 Å². The van der Waals surface area contributed by atoms with Gasteiger partial charge in [-0.05, 0) is 22.3 Å². The van der Waals surface area contributed by atoms with E-state index in [9.17, 15) is 18.0 Å². The molecule has 1 aliphatic heterocycles. The first-order valence-electron chi connectivity index (χ1n) is 8.55. The van der Waals surface area contributed by atoms with Crippen molar-refractivity contribution in [2.45, 2.75) is 12.0 Å². The van der Waals surface area contributed by atoms with Crippen molar-refractivity contribution >= 4 is 22.4 Å². The minimum Gasteiger partial charge on any atom is -0.467 e. The zero-order valence-corrected chi connectivity index (χ0v) is 15.7. The number of esters is 1. The number of hydrogen-bond acceptors (Lipinski definition) is 7. The van der Waals surface area contributed by atoms with Crippen molar-refractivity contribution in [3.63, 3.8) is 0 Å². The quantitative estimate of drug-likeness (QED) is 0.723. The Labute approximate surface area is 161 Å². The van der Waals surface area contributed by atoms with Crippen LogP contribution in [-0.4, -0.2) is 51.2 Å². The number of amides is 1. The lowest BCUT2D eigenvalue weighted by atomic mass is 9.98. The second-order valence-electron chi connectivity index (χ2n) is 6.38. The third-order valence-electron chi connectivity index (χ3n) is 4.89. The SMILES string of the molecule is COC(=O)[C@@H]1COS(=O)(=O)N1C(=O)OCC1c2ccccc2-c2ccccc21. The molecule has 2 aromatic carbocycles. The van der Waals surface area contributed by atoms with Gasteiger partial charge < -0.3 is 9.47 Å². The van der Waals surface area contributed by atoms with Crippen LogP contribution < -0.4 is 0 Å². The van der Waals surface area contributed by atoms with E-state index in [4.69, 9.17) is 4.74 Å². The Morgan fingerprint density at radius 1 is 1.07 bits per heavy atom. The summed E-state index contributed by atoms with van der Waals surface area (Å²) in [5, 5.41) is 0. The zero-order valence-electron chi connectivity index (χ0n) is 14.9. The smallest absolute Gasteiger partial charge is 0.426 e. The van der Waals surface area contributed by atoms with Crippen molar-refractivity contribution in [3.8, 4) is 11.1 Å². The van der Waals surface area contributed by atoms with Crippen LogP contribution in [0.25, 0.3) is 11.1 Å². The van der Waals surface area contributed by atoms with Gasteiger partial charge >= 0.3 is 22.4 Å². The number of methoxy groups -OCH3 is 1. The third kappa shape index (κ3) is 2.92. The normalized spacial score (nSPS) is 19.8. The summed E-state index contributed by atoms with van der Waals surface area (Å²) in [6.45, 7) is -0.577. The highest BCUT2D eigenvalue weighted by atomic mass is 32.2. The monoisotopic (exact) mass is 403 g/mol. The van der Waals surface area contributed by atoms with E-state index in [1.54, 1.807) is 0 Å². The van der Waals surface area contributed by atoms with E-state index in [-0.39, 0.29) is 12.5 Å². The summed E-state index contributed by atoms with van der Waals surface area (Å²) >= 11 is 0. The molecule has 8 nitrogen and oxygen atoms in total. The van der Waals surface area contributed by atoms with E-state index >= 15 is 0 Å². The van der Waals surface area contributed by atoms with Gasteiger partial charge in [-0.3, -0.25) is 4.18 Å². The molecule has 0 unspecified atom stereocenters. The van der Waals surface area contributed by atoms with Crippen molar-refractivity contribution in [2.75, 3.05) is 20.3 Å². The second kappa shape index (κ2) is 6.92. The van der Waals surface area contributed by atoms with Gasteiger partial charge in [0, 0.05) is 5.92 Å². The maximum absolute atomic E-state index is 12.5. The lowest BCUT2D eigenvalue weighted by molar-refractivity contribution is -0.144. The fourth-order valence-corrected chi connectivity index (χ4v) is 4.72. The molecule has 0 aromatic heterocycles. The summed E-state index contributed by atoms with van der Waals surface area (Å²) in [6.07, 6.45) is -1.17. The van der Waals surface area contributed by atoms with E-state index < -0.39 is 35.0 Å². The van der Waals surface area contributed by atoms with Crippen LogP contribution in [0, 0.1) is 0 Å². The summed E-state index contributed by atoms with van der Waals surface area (Å²) in [5.41, 5.74) is 4.07. The van der Waals surface area contributed by atoms with Crippen molar-refractivity contribution < 1.29 is 31.7 Å². The Bertz CT molecular complexity index is 1000. The Morgan fingerprint density at radius 3 is 2.21 bits per heavy atom. The molecule has 0 saturated carbocycles. The number of carbonyl (C=O) groups excluding carboxylic acids is 2. The van der Waals surface area contributed by atoms with Crippen molar-refractivity contribution in [2.24, 2.45) is 0 Å². The predicted molar refractivity (Wildman–Crippen MR) is 97.6 cm³/mol. The molecule has 0 N–H and O–H groups in total. The molecule has 0 spiro atoms. The highest BCUT2D eigenvalue weighted by molar-refractivity contribution is 7.85. The first-order valence-corrected chi connectivity index (χ1v) is 9.92. The molecule has 146 valence electrons. The average Bonchev–Trinajstić information content (AvgIpc) is 3.20. The maximum Gasteiger partial charge on any atom is 0.426 e. The number of nitrogens with zero attached hydrogens (tertiary/aromatic N) is 1. The summed E-state index contributed by atoms with van der Waals surface area (Å²) < 4.78 is 38.8. The molecular formula is C19H17NO7S. The minimum atomic E-state index is -4.40. The molecular weight excluding hydrogens is 386 g/mol. The number of carbonyl (C=O) groups is 2. The number of ether oxygens (including phenoxy) is 2. The Morgan fingerprint density at radius 2 is 1.64 bits per heavy atom. The summed E-state index contributed by atoms with van der Waals surface area (Å²) in [4.78, 5) is 24.3. The molecule has 1 atom stereocenters. The Kier molecular flexibility index (Phi) is 4.56. The molecule has 28 heavy (non-hydrogen) atoms. The van der Waals surface area contributed by atoms with E-state index in [2.05, 4.69) is 8.92 Å². The van der Waals surface area contributed by atoms with Gasteiger partial charge in [-0.2, -0.15) is 12.7 Å². The van der Waals surface area contributed by atoms with Crippen LogP contribution in [0.4, 0.5) is 4.79 Å². The number of rotatable bonds is 3. The summed E-state index contributed by atoms with van der Waals surface area (Å²) in [5.74, 6) is -1.13. The third-order valence-corrected chi connectivity index (χ3v) is 6.21. The predicted octanol–water partition coefficient (Wildman–Crippen LogP) is 2.05. The average molecular weight is 403 g/mol. The Balaban J connectivity index is 1.58. The van der Waals surface area contributed by atoms with Gasteiger partial charge in [-0.15, -0.1) is 0 Å². The summed E-state index contributed by atoms with van der Waals surface area (Å²) in [6, 6.07) is 14.1. The Hall–Kier alpha value is -2.91. The van der Waals surface area contributed by atoms with Crippen LogP contribution in [0.3, 0.4) is 0 Å². The lowest BCUT2D eigenvalue weighted by Gasteiger charge is -2.20. The van der Waals surface area contributed by atoms with Gasteiger partial charge in [-0.25, -0.2) is 9.59 Å². The number of hydrogen-bond donors (Lipinski definition) is 0. The van der Waals surface area contributed by atoms with Crippen LogP contribution in [0.1, 0.15) is 17.0 Å². The van der Waals surface area contributed by atoms with Crippen LogP contribution >= 0.6 is 0 Å². The second-order valence-corrected chi connectivity index (χ2v) is 7.87. The number of fused-ring (bicyclic) bond motifs is 3. The molecule has 9 heteroatoms. The van der Waals surface area contributed by atoms with Crippen LogP contribution in [0.15, 0.2) is 48.5 Å². The standard InChI is InChI=1S/C19H17NO7S/c1-25-18(21)17-11-27-28(23,24)20(17)19(22)26-10-16-14-8-4-2-6-12(14)13-7-3-5-9-15(13)16/h2-9,16-17H,10-11H2,1H3/t17-/m0/s1.